The van der Waals surface area contributed by atoms with Crippen molar-refractivity contribution in [2.24, 2.45) is 0 Å². The second-order valence-corrected chi connectivity index (χ2v) is 6.44. The Bertz CT molecular complexity index is 915. The van der Waals surface area contributed by atoms with Crippen molar-refractivity contribution in [3.63, 3.8) is 0 Å². The molecule has 5 nitrogen and oxygen atoms in total. The third-order valence-electron chi connectivity index (χ3n) is 3.39. The Labute approximate surface area is 158 Å². The van der Waals surface area contributed by atoms with Crippen molar-refractivity contribution in [1.29, 1.82) is 0 Å². The predicted octanol–water partition coefficient (Wildman–Crippen LogP) is 4.63. The SMILES string of the molecule is COc1ccc(-c2csc(NC(=O)COc3ccc(F)cc3Cl)n2)cc1. The van der Waals surface area contributed by atoms with Gasteiger partial charge in [-0.05, 0) is 42.5 Å². The number of benzene rings is 2. The summed E-state index contributed by atoms with van der Waals surface area (Å²) in [5, 5.41) is 5.06. The first-order valence-electron chi connectivity index (χ1n) is 7.53. The van der Waals surface area contributed by atoms with E-state index in [-0.39, 0.29) is 23.3 Å². The minimum atomic E-state index is -0.472. The van der Waals surface area contributed by atoms with Gasteiger partial charge in [-0.15, -0.1) is 11.3 Å². The molecule has 8 heteroatoms. The second-order valence-electron chi connectivity index (χ2n) is 5.18. The number of hydrogen-bond donors (Lipinski definition) is 1. The molecule has 3 aromatic rings. The van der Waals surface area contributed by atoms with Crippen molar-refractivity contribution in [2.45, 2.75) is 0 Å². The summed E-state index contributed by atoms with van der Waals surface area (Å²) in [6, 6.07) is 11.2. The number of hydrogen-bond acceptors (Lipinski definition) is 5. The Balaban J connectivity index is 1.58. The van der Waals surface area contributed by atoms with Crippen LogP contribution in [0.2, 0.25) is 5.02 Å². The molecule has 0 atom stereocenters. The number of anilines is 1. The zero-order valence-electron chi connectivity index (χ0n) is 13.7. The second kappa shape index (κ2) is 8.16. The summed E-state index contributed by atoms with van der Waals surface area (Å²) < 4.78 is 23.4. The van der Waals surface area contributed by atoms with Crippen LogP contribution >= 0.6 is 22.9 Å². The Hall–Kier alpha value is -2.64. The number of halogens is 2. The lowest BCUT2D eigenvalue weighted by atomic mass is 10.2. The van der Waals surface area contributed by atoms with Gasteiger partial charge >= 0.3 is 0 Å². The van der Waals surface area contributed by atoms with E-state index >= 15 is 0 Å². The molecule has 0 aliphatic heterocycles. The van der Waals surface area contributed by atoms with Crippen LogP contribution < -0.4 is 14.8 Å². The number of thiazole rings is 1. The smallest absolute Gasteiger partial charge is 0.264 e. The van der Waals surface area contributed by atoms with Crippen molar-refractivity contribution in [2.75, 3.05) is 19.0 Å². The van der Waals surface area contributed by atoms with Crippen molar-refractivity contribution in [3.05, 3.63) is 58.7 Å². The van der Waals surface area contributed by atoms with Crippen LogP contribution in [0.3, 0.4) is 0 Å². The van der Waals surface area contributed by atoms with Gasteiger partial charge in [0, 0.05) is 10.9 Å². The zero-order chi connectivity index (χ0) is 18.5. The van der Waals surface area contributed by atoms with Crippen LogP contribution in [0, 0.1) is 5.82 Å². The summed E-state index contributed by atoms with van der Waals surface area (Å²) in [6.07, 6.45) is 0. The molecule has 0 fully saturated rings. The summed E-state index contributed by atoms with van der Waals surface area (Å²) in [6.45, 7) is -0.261. The fourth-order valence-corrected chi connectivity index (χ4v) is 3.07. The minimum absolute atomic E-state index is 0.105. The molecule has 0 aliphatic rings. The van der Waals surface area contributed by atoms with E-state index < -0.39 is 5.82 Å². The van der Waals surface area contributed by atoms with Crippen LogP contribution in [0.25, 0.3) is 11.3 Å². The van der Waals surface area contributed by atoms with E-state index in [1.165, 1.54) is 23.5 Å². The number of aromatic nitrogens is 1. The predicted molar refractivity (Wildman–Crippen MR) is 99.6 cm³/mol. The highest BCUT2D eigenvalue weighted by Crippen LogP contribution is 2.27. The van der Waals surface area contributed by atoms with Crippen LogP contribution in [0.15, 0.2) is 47.8 Å². The highest BCUT2D eigenvalue weighted by Gasteiger charge is 2.10. The number of carbonyl (C=O) groups excluding carboxylic acids is 1. The molecule has 1 N–H and O–H groups in total. The number of rotatable bonds is 6. The molecular formula is C18H14ClFN2O3S. The van der Waals surface area contributed by atoms with Gasteiger partial charge in [0.25, 0.3) is 5.91 Å². The van der Waals surface area contributed by atoms with E-state index in [0.717, 1.165) is 23.1 Å². The fraction of sp³-hybridized carbons (Fsp3) is 0.111. The van der Waals surface area contributed by atoms with Crippen molar-refractivity contribution >= 4 is 34.0 Å². The van der Waals surface area contributed by atoms with Gasteiger partial charge in [0.05, 0.1) is 17.8 Å². The zero-order valence-corrected chi connectivity index (χ0v) is 15.2. The lowest BCUT2D eigenvalue weighted by molar-refractivity contribution is -0.118. The first kappa shape index (κ1) is 18.2. The van der Waals surface area contributed by atoms with E-state index in [0.29, 0.717) is 5.13 Å². The number of carbonyl (C=O) groups is 1. The van der Waals surface area contributed by atoms with Gasteiger partial charge < -0.3 is 9.47 Å². The molecule has 2 aromatic carbocycles. The van der Waals surface area contributed by atoms with Crippen LogP contribution in [0.4, 0.5) is 9.52 Å². The molecule has 1 heterocycles. The monoisotopic (exact) mass is 392 g/mol. The van der Waals surface area contributed by atoms with E-state index in [4.69, 9.17) is 21.1 Å². The highest BCUT2D eigenvalue weighted by molar-refractivity contribution is 7.14. The van der Waals surface area contributed by atoms with E-state index in [9.17, 15) is 9.18 Å². The van der Waals surface area contributed by atoms with Gasteiger partial charge in [-0.1, -0.05) is 11.6 Å². The molecule has 26 heavy (non-hydrogen) atoms. The summed E-state index contributed by atoms with van der Waals surface area (Å²) in [5.41, 5.74) is 1.66. The lowest BCUT2D eigenvalue weighted by Gasteiger charge is -2.07. The Kier molecular flexibility index (Phi) is 5.70. The normalized spacial score (nSPS) is 10.4. The molecule has 0 radical (unpaired) electrons. The third-order valence-corrected chi connectivity index (χ3v) is 4.44. The van der Waals surface area contributed by atoms with Gasteiger partial charge in [-0.2, -0.15) is 0 Å². The van der Waals surface area contributed by atoms with E-state index in [1.54, 1.807) is 7.11 Å². The summed E-state index contributed by atoms with van der Waals surface area (Å²) in [5.74, 6) is 0.136. The molecule has 0 spiro atoms. The molecule has 134 valence electrons. The Morgan fingerprint density at radius 2 is 2.04 bits per heavy atom. The largest absolute Gasteiger partial charge is 0.497 e. The molecule has 0 unspecified atom stereocenters. The van der Waals surface area contributed by atoms with Gasteiger partial charge in [0.15, 0.2) is 11.7 Å². The maximum atomic E-state index is 13.0. The molecule has 0 saturated heterocycles. The molecule has 0 aliphatic carbocycles. The van der Waals surface area contributed by atoms with Gasteiger partial charge in [-0.25, -0.2) is 9.37 Å². The summed E-state index contributed by atoms with van der Waals surface area (Å²) in [4.78, 5) is 16.4. The van der Waals surface area contributed by atoms with Crippen molar-refractivity contribution in [3.8, 4) is 22.8 Å². The van der Waals surface area contributed by atoms with Crippen LogP contribution in [-0.4, -0.2) is 24.6 Å². The number of nitrogens with one attached hydrogen (secondary N) is 1. The standard InChI is InChI=1S/C18H14ClFN2O3S/c1-24-13-5-2-11(3-6-13)15-10-26-18(21-15)22-17(23)9-25-16-7-4-12(20)8-14(16)19/h2-8,10H,9H2,1H3,(H,21,22,23). The molecular weight excluding hydrogens is 379 g/mol. The molecule has 1 aromatic heterocycles. The van der Waals surface area contributed by atoms with Crippen LogP contribution in [-0.2, 0) is 4.79 Å². The minimum Gasteiger partial charge on any atom is -0.497 e. The average Bonchev–Trinajstić information content (AvgIpc) is 3.09. The molecule has 0 bridgehead atoms. The van der Waals surface area contributed by atoms with Crippen molar-refractivity contribution < 1.29 is 18.7 Å². The van der Waals surface area contributed by atoms with E-state index in [1.807, 2.05) is 29.6 Å². The summed E-state index contributed by atoms with van der Waals surface area (Å²) in [7, 11) is 1.60. The number of ether oxygens (including phenoxy) is 2. The van der Waals surface area contributed by atoms with Crippen LogP contribution in [0.1, 0.15) is 0 Å². The highest BCUT2D eigenvalue weighted by atomic mass is 35.5. The number of amides is 1. The quantitative estimate of drug-likeness (QED) is 0.664. The number of nitrogens with zero attached hydrogens (tertiary/aromatic N) is 1. The molecule has 0 saturated carbocycles. The molecule has 1 amide bonds. The first-order chi connectivity index (χ1) is 12.5. The maximum absolute atomic E-state index is 13.0. The third kappa shape index (κ3) is 4.50. The van der Waals surface area contributed by atoms with Gasteiger partial charge in [0.1, 0.15) is 17.3 Å². The topological polar surface area (TPSA) is 60.5 Å². The maximum Gasteiger partial charge on any atom is 0.264 e. The fourth-order valence-electron chi connectivity index (χ4n) is 2.12. The Morgan fingerprint density at radius 1 is 1.27 bits per heavy atom. The van der Waals surface area contributed by atoms with Gasteiger partial charge in [-0.3, -0.25) is 10.1 Å². The van der Waals surface area contributed by atoms with Gasteiger partial charge in [0.2, 0.25) is 0 Å². The van der Waals surface area contributed by atoms with Crippen molar-refractivity contribution in [1.82, 2.24) is 4.98 Å². The first-order valence-corrected chi connectivity index (χ1v) is 8.78. The van der Waals surface area contributed by atoms with Crippen LogP contribution in [0.5, 0.6) is 11.5 Å². The summed E-state index contributed by atoms with van der Waals surface area (Å²) >= 11 is 7.15. The molecule has 3 rings (SSSR count). The lowest BCUT2D eigenvalue weighted by Crippen LogP contribution is -2.20. The Morgan fingerprint density at radius 3 is 2.73 bits per heavy atom. The number of methoxy groups -OCH3 is 1. The van der Waals surface area contributed by atoms with E-state index in [2.05, 4.69) is 10.3 Å². The average molecular weight is 393 g/mol.